The molecule has 0 fully saturated rings. The van der Waals surface area contributed by atoms with Gasteiger partial charge in [0.25, 0.3) is 0 Å². The van der Waals surface area contributed by atoms with Gasteiger partial charge in [-0.2, -0.15) is 5.10 Å². The number of nitrogens with zero attached hydrogens (tertiary/aromatic N) is 4. The third-order valence-electron chi connectivity index (χ3n) is 3.37. The maximum Gasteiger partial charge on any atom is 0.228 e. The van der Waals surface area contributed by atoms with Crippen LogP contribution in [0.1, 0.15) is 19.4 Å². The van der Waals surface area contributed by atoms with Gasteiger partial charge in [-0.05, 0) is 32.0 Å². The van der Waals surface area contributed by atoms with Gasteiger partial charge >= 0.3 is 0 Å². The number of nitrogens with one attached hydrogen (secondary N) is 1. The van der Waals surface area contributed by atoms with Crippen molar-refractivity contribution in [1.29, 1.82) is 0 Å². The minimum Gasteiger partial charge on any atom is -0.491 e. The average Bonchev–Trinajstić information content (AvgIpc) is 3.11. The van der Waals surface area contributed by atoms with Crippen molar-refractivity contribution in [2.45, 2.75) is 26.4 Å². The van der Waals surface area contributed by atoms with E-state index in [0.717, 1.165) is 11.3 Å². The normalized spacial score (nSPS) is 10.7. The van der Waals surface area contributed by atoms with Crippen molar-refractivity contribution in [3.63, 3.8) is 0 Å². The first-order valence-electron chi connectivity index (χ1n) is 7.97. The van der Waals surface area contributed by atoms with E-state index in [0.29, 0.717) is 11.5 Å². The molecular formula is C18H19N5O2. The number of hydrogen-bond donors (Lipinski definition) is 1. The first-order chi connectivity index (χ1) is 12.1. The Balaban J connectivity index is 1.65. The van der Waals surface area contributed by atoms with Gasteiger partial charge in [-0.15, -0.1) is 0 Å². The summed E-state index contributed by atoms with van der Waals surface area (Å²) in [7, 11) is 0. The van der Waals surface area contributed by atoms with Gasteiger partial charge in [0.1, 0.15) is 18.4 Å². The van der Waals surface area contributed by atoms with Crippen molar-refractivity contribution in [1.82, 2.24) is 19.7 Å². The van der Waals surface area contributed by atoms with Gasteiger partial charge in [-0.25, -0.2) is 14.6 Å². The lowest BCUT2D eigenvalue weighted by Crippen LogP contribution is -2.16. The van der Waals surface area contributed by atoms with E-state index < -0.39 is 0 Å². The molecule has 2 aromatic heterocycles. The number of pyridine rings is 1. The minimum absolute atomic E-state index is 0.0535. The highest BCUT2D eigenvalue weighted by atomic mass is 16.5. The number of ether oxygens (including phenoxy) is 1. The second-order valence-electron chi connectivity index (χ2n) is 5.74. The number of aromatic nitrogens is 4. The molecule has 0 aliphatic heterocycles. The molecule has 0 spiro atoms. The Morgan fingerprint density at radius 3 is 2.76 bits per heavy atom. The van der Waals surface area contributed by atoms with Crippen LogP contribution in [-0.2, 0) is 11.2 Å². The fourth-order valence-electron chi connectivity index (χ4n) is 2.32. The summed E-state index contributed by atoms with van der Waals surface area (Å²) < 4.78 is 7.29. The maximum atomic E-state index is 12.3. The van der Waals surface area contributed by atoms with Crippen LogP contribution in [0.2, 0.25) is 0 Å². The molecular weight excluding hydrogens is 318 g/mol. The first-order valence-corrected chi connectivity index (χ1v) is 7.97. The molecule has 1 aromatic carbocycles. The molecule has 25 heavy (non-hydrogen) atoms. The zero-order valence-electron chi connectivity index (χ0n) is 14.1. The van der Waals surface area contributed by atoms with Crippen LogP contribution in [0.15, 0.2) is 55.2 Å². The fourth-order valence-corrected chi connectivity index (χ4v) is 2.32. The molecule has 3 rings (SSSR count). The van der Waals surface area contributed by atoms with Crippen LogP contribution in [0.3, 0.4) is 0 Å². The summed E-state index contributed by atoms with van der Waals surface area (Å²) in [6, 6.07) is 11.1. The predicted molar refractivity (Wildman–Crippen MR) is 93.7 cm³/mol. The first kappa shape index (κ1) is 16.6. The van der Waals surface area contributed by atoms with Gasteiger partial charge in [0.2, 0.25) is 5.91 Å². The summed E-state index contributed by atoms with van der Waals surface area (Å²) in [5.41, 5.74) is 1.47. The molecule has 0 unspecified atom stereocenters. The van der Waals surface area contributed by atoms with Crippen molar-refractivity contribution < 1.29 is 9.53 Å². The van der Waals surface area contributed by atoms with Crippen molar-refractivity contribution in [3.8, 4) is 11.6 Å². The third kappa shape index (κ3) is 4.41. The summed E-state index contributed by atoms with van der Waals surface area (Å²) in [4.78, 5) is 20.4. The molecule has 0 aliphatic rings. The Kier molecular flexibility index (Phi) is 5.03. The molecule has 0 saturated carbocycles. The zero-order chi connectivity index (χ0) is 17.6. The lowest BCUT2D eigenvalue weighted by molar-refractivity contribution is -0.115. The molecule has 0 radical (unpaired) electrons. The Bertz CT molecular complexity index is 829. The molecule has 0 atom stereocenters. The van der Waals surface area contributed by atoms with Gasteiger partial charge in [-0.3, -0.25) is 4.79 Å². The monoisotopic (exact) mass is 337 g/mol. The highest BCUT2D eigenvalue weighted by Gasteiger charge is 2.10. The summed E-state index contributed by atoms with van der Waals surface area (Å²) >= 11 is 0. The number of rotatable bonds is 6. The minimum atomic E-state index is -0.130. The van der Waals surface area contributed by atoms with Crippen molar-refractivity contribution in [3.05, 3.63) is 60.8 Å². The molecule has 1 N–H and O–H groups in total. The molecule has 3 aromatic rings. The van der Waals surface area contributed by atoms with Crippen LogP contribution in [-0.4, -0.2) is 31.8 Å². The second kappa shape index (κ2) is 7.57. The lowest BCUT2D eigenvalue weighted by Gasteiger charge is -2.14. The van der Waals surface area contributed by atoms with E-state index in [1.165, 1.54) is 6.33 Å². The standard InChI is InChI=1S/C18H19N5O2/c1-13(2)25-16-6-4-3-5-14(16)9-18(24)22-15-7-8-17(20-10-15)23-12-19-11-21-23/h3-8,10-13H,9H2,1-2H3,(H,22,24). The Morgan fingerprint density at radius 1 is 1.24 bits per heavy atom. The molecule has 7 nitrogen and oxygen atoms in total. The maximum absolute atomic E-state index is 12.3. The van der Waals surface area contributed by atoms with Gasteiger partial charge < -0.3 is 10.1 Å². The van der Waals surface area contributed by atoms with Crippen LogP contribution in [0.4, 0.5) is 5.69 Å². The largest absolute Gasteiger partial charge is 0.491 e. The van der Waals surface area contributed by atoms with Gasteiger partial charge in [0.15, 0.2) is 5.82 Å². The van der Waals surface area contributed by atoms with E-state index in [2.05, 4.69) is 20.4 Å². The van der Waals surface area contributed by atoms with Crippen molar-refractivity contribution >= 4 is 11.6 Å². The predicted octanol–water partition coefficient (Wildman–Crippen LogP) is 2.63. The van der Waals surface area contributed by atoms with E-state index >= 15 is 0 Å². The van der Waals surface area contributed by atoms with E-state index in [9.17, 15) is 4.79 Å². The Hall–Kier alpha value is -3.22. The SMILES string of the molecule is CC(C)Oc1ccccc1CC(=O)Nc1ccc(-n2cncn2)nc1. The Labute approximate surface area is 145 Å². The number of carbonyl (C=O) groups is 1. The van der Waals surface area contributed by atoms with Crippen molar-refractivity contribution in [2.24, 2.45) is 0 Å². The van der Waals surface area contributed by atoms with Crippen LogP contribution >= 0.6 is 0 Å². The van der Waals surface area contributed by atoms with Gasteiger partial charge in [-0.1, -0.05) is 18.2 Å². The third-order valence-corrected chi connectivity index (χ3v) is 3.37. The molecule has 7 heteroatoms. The quantitative estimate of drug-likeness (QED) is 0.748. The van der Waals surface area contributed by atoms with E-state index in [1.54, 1.807) is 29.3 Å². The summed E-state index contributed by atoms with van der Waals surface area (Å²) in [5, 5.41) is 6.85. The van der Waals surface area contributed by atoms with E-state index in [1.807, 2.05) is 38.1 Å². The summed E-state index contributed by atoms with van der Waals surface area (Å²) in [6.07, 6.45) is 4.87. The number of amides is 1. The summed E-state index contributed by atoms with van der Waals surface area (Å²) in [6.45, 7) is 3.92. The van der Waals surface area contributed by atoms with Crippen LogP contribution in [0.5, 0.6) is 5.75 Å². The molecule has 128 valence electrons. The van der Waals surface area contributed by atoms with Crippen LogP contribution < -0.4 is 10.1 Å². The summed E-state index contributed by atoms with van der Waals surface area (Å²) in [5.74, 6) is 1.23. The molecule has 0 bridgehead atoms. The van der Waals surface area contributed by atoms with E-state index in [-0.39, 0.29) is 18.4 Å². The van der Waals surface area contributed by atoms with E-state index in [4.69, 9.17) is 4.74 Å². The number of anilines is 1. The smallest absolute Gasteiger partial charge is 0.228 e. The van der Waals surface area contributed by atoms with Crippen LogP contribution in [0.25, 0.3) is 5.82 Å². The number of hydrogen-bond acceptors (Lipinski definition) is 5. The molecule has 0 aliphatic carbocycles. The fraction of sp³-hybridized carbons (Fsp3) is 0.222. The highest BCUT2D eigenvalue weighted by Crippen LogP contribution is 2.20. The molecule has 0 saturated heterocycles. The average molecular weight is 337 g/mol. The molecule has 1 amide bonds. The van der Waals surface area contributed by atoms with Gasteiger partial charge in [0.05, 0.1) is 24.4 Å². The Morgan fingerprint density at radius 2 is 2.08 bits per heavy atom. The van der Waals surface area contributed by atoms with Gasteiger partial charge in [0, 0.05) is 5.56 Å². The lowest BCUT2D eigenvalue weighted by atomic mass is 10.1. The van der Waals surface area contributed by atoms with Crippen molar-refractivity contribution in [2.75, 3.05) is 5.32 Å². The topological polar surface area (TPSA) is 81.9 Å². The molecule has 2 heterocycles. The zero-order valence-corrected chi connectivity index (χ0v) is 14.1. The highest BCUT2D eigenvalue weighted by molar-refractivity contribution is 5.92. The second-order valence-corrected chi connectivity index (χ2v) is 5.74. The van der Waals surface area contributed by atoms with Crippen LogP contribution in [0, 0.1) is 0 Å². The number of carbonyl (C=O) groups excluding carboxylic acids is 1. The number of benzene rings is 1. The number of para-hydroxylation sites is 1.